The average molecular weight is 310 g/mol. The minimum absolute atomic E-state index is 0.0544. The van der Waals surface area contributed by atoms with Crippen molar-refractivity contribution in [2.75, 3.05) is 39.7 Å². The quantitative estimate of drug-likeness (QED) is 0.799. The second-order valence-electron chi connectivity index (χ2n) is 4.79. The normalized spacial score (nSPS) is 11.5. The maximum atomic E-state index is 12.3. The number of carbonyl (C=O) groups excluding carboxylic acids is 1. The molecule has 1 atom stereocenters. The Kier molecular flexibility index (Phi) is 6.82. The molecule has 1 rings (SSSR count). The van der Waals surface area contributed by atoms with Crippen LogP contribution >= 0.6 is 0 Å². The number of nitrogens with one attached hydrogen (secondary N) is 1. The van der Waals surface area contributed by atoms with E-state index in [2.05, 4.69) is 5.32 Å². The van der Waals surface area contributed by atoms with Crippen LogP contribution in [0.1, 0.15) is 20.8 Å². The van der Waals surface area contributed by atoms with E-state index in [-0.39, 0.29) is 11.9 Å². The summed E-state index contributed by atoms with van der Waals surface area (Å²) in [5, 5.41) is 3.18. The lowest BCUT2D eigenvalue weighted by Crippen LogP contribution is -2.41. The second-order valence-corrected chi connectivity index (χ2v) is 4.79. The Morgan fingerprint density at radius 3 is 1.95 bits per heavy atom. The van der Waals surface area contributed by atoms with E-state index in [9.17, 15) is 4.79 Å². The third kappa shape index (κ3) is 3.96. The van der Waals surface area contributed by atoms with Crippen molar-refractivity contribution in [1.82, 2.24) is 4.90 Å². The summed E-state index contributed by atoms with van der Waals surface area (Å²) in [6.45, 7) is 7.15. The molecule has 0 radical (unpaired) electrons. The molecular formula is C16H26N2O4. The van der Waals surface area contributed by atoms with Crippen molar-refractivity contribution in [2.24, 2.45) is 0 Å². The van der Waals surface area contributed by atoms with Crippen molar-refractivity contribution in [3.63, 3.8) is 0 Å². The van der Waals surface area contributed by atoms with Gasteiger partial charge in [0, 0.05) is 30.9 Å². The van der Waals surface area contributed by atoms with E-state index in [0.717, 1.165) is 5.69 Å². The van der Waals surface area contributed by atoms with Gasteiger partial charge in [0.2, 0.25) is 11.7 Å². The summed E-state index contributed by atoms with van der Waals surface area (Å²) in [5.74, 6) is 1.68. The highest BCUT2D eigenvalue weighted by Gasteiger charge is 2.20. The van der Waals surface area contributed by atoms with E-state index in [0.29, 0.717) is 30.3 Å². The molecule has 0 aromatic heterocycles. The molecule has 6 heteroatoms. The predicted molar refractivity (Wildman–Crippen MR) is 87.1 cm³/mol. The van der Waals surface area contributed by atoms with Gasteiger partial charge < -0.3 is 24.4 Å². The van der Waals surface area contributed by atoms with Gasteiger partial charge in [0.25, 0.3) is 0 Å². The number of nitrogens with zero attached hydrogens (tertiary/aromatic N) is 1. The molecular weight excluding hydrogens is 284 g/mol. The van der Waals surface area contributed by atoms with Gasteiger partial charge in [0.1, 0.15) is 6.04 Å². The molecule has 0 aliphatic carbocycles. The maximum absolute atomic E-state index is 12.3. The molecule has 0 spiro atoms. The van der Waals surface area contributed by atoms with Crippen LogP contribution in [0.2, 0.25) is 0 Å². The summed E-state index contributed by atoms with van der Waals surface area (Å²) in [6.07, 6.45) is 0. The van der Waals surface area contributed by atoms with Crippen LogP contribution in [0.5, 0.6) is 17.2 Å². The third-order valence-corrected chi connectivity index (χ3v) is 3.49. The van der Waals surface area contributed by atoms with Gasteiger partial charge in [-0.25, -0.2) is 0 Å². The van der Waals surface area contributed by atoms with Crippen LogP contribution in [0.25, 0.3) is 0 Å². The fourth-order valence-corrected chi connectivity index (χ4v) is 2.29. The number of likely N-dealkylation sites (N-methyl/N-ethyl adjacent to an activating group) is 1. The number of benzene rings is 1. The van der Waals surface area contributed by atoms with E-state index in [1.807, 2.05) is 20.8 Å². The summed E-state index contributed by atoms with van der Waals surface area (Å²) < 4.78 is 15.9. The molecule has 0 aliphatic rings. The fourth-order valence-electron chi connectivity index (χ4n) is 2.29. The average Bonchev–Trinajstić information content (AvgIpc) is 2.54. The Labute approximate surface area is 132 Å². The van der Waals surface area contributed by atoms with Crippen LogP contribution in [0.4, 0.5) is 5.69 Å². The minimum atomic E-state index is -0.345. The Hall–Kier alpha value is -2.11. The highest BCUT2D eigenvalue weighted by Crippen LogP contribution is 2.40. The molecule has 0 fully saturated rings. The first-order valence-electron chi connectivity index (χ1n) is 7.37. The van der Waals surface area contributed by atoms with Crippen molar-refractivity contribution in [2.45, 2.75) is 26.8 Å². The minimum Gasteiger partial charge on any atom is -0.493 e. The monoisotopic (exact) mass is 310 g/mol. The Morgan fingerprint density at radius 2 is 1.59 bits per heavy atom. The van der Waals surface area contributed by atoms with Gasteiger partial charge in [0.15, 0.2) is 11.5 Å². The predicted octanol–water partition coefficient (Wildman–Crippen LogP) is 2.38. The van der Waals surface area contributed by atoms with Gasteiger partial charge in [-0.1, -0.05) is 0 Å². The standard InChI is InChI=1S/C16H26N2O4/c1-7-18(8-2)16(19)11(3)17-12-9-13(20-4)15(22-6)14(10-12)21-5/h9-11,17H,7-8H2,1-6H3/t11-/m0/s1. The van der Waals surface area contributed by atoms with Crippen molar-refractivity contribution < 1.29 is 19.0 Å². The molecule has 0 aliphatic heterocycles. The molecule has 22 heavy (non-hydrogen) atoms. The zero-order valence-corrected chi connectivity index (χ0v) is 14.2. The SMILES string of the molecule is CCN(CC)C(=O)[C@H](C)Nc1cc(OC)c(OC)c(OC)c1. The molecule has 124 valence electrons. The van der Waals surface area contributed by atoms with Crippen molar-refractivity contribution in [3.8, 4) is 17.2 Å². The lowest BCUT2D eigenvalue weighted by molar-refractivity contribution is -0.131. The van der Waals surface area contributed by atoms with Crippen LogP contribution in [-0.2, 0) is 4.79 Å². The molecule has 1 aromatic carbocycles. The van der Waals surface area contributed by atoms with Crippen LogP contribution in [-0.4, -0.2) is 51.3 Å². The molecule has 0 saturated carbocycles. The first-order valence-corrected chi connectivity index (χ1v) is 7.37. The number of hydrogen-bond acceptors (Lipinski definition) is 5. The largest absolute Gasteiger partial charge is 0.493 e. The van der Waals surface area contributed by atoms with Crippen molar-refractivity contribution in [3.05, 3.63) is 12.1 Å². The smallest absolute Gasteiger partial charge is 0.244 e. The second kappa shape index (κ2) is 8.36. The number of anilines is 1. The Morgan fingerprint density at radius 1 is 1.09 bits per heavy atom. The van der Waals surface area contributed by atoms with E-state index < -0.39 is 0 Å². The maximum Gasteiger partial charge on any atom is 0.244 e. The number of ether oxygens (including phenoxy) is 3. The van der Waals surface area contributed by atoms with E-state index in [4.69, 9.17) is 14.2 Å². The Bertz CT molecular complexity index is 476. The van der Waals surface area contributed by atoms with E-state index in [1.165, 1.54) is 0 Å². The number of rotatable bonds is 8. The fraction of sp³-hybridized carbons (Fsp3) is 0.562. The summed E-state index contributed by atoms with van der Waals surface area (Å²) in [5.41, 5.74) is 0.738. The highest BCUT2D eigenvalue weighted by atomic mass is 16.5. The zero-order chi connectivity index (χ0) is 16.7. The molecule has 0 saturated heterocycles. The van der Waals surface area contributed by atoms with Crippen molar-refractivity contribution >= 4 is 11.6 Å². The molecule has 1 aromatic rings. The summed E-state index contributed by atoms with van der Waals surface area (Å²) in [7, 11) is 4.68. The first kappa shape index (κ1) is 17.9. The van der Waals surface area contributed by atoms with Crippen molar-refractivity contribution in [1.29, 1.82) is 0 Å². The van der Waals surface area contributed by atoms with Crippen LogP contribution in [0, 0.1) is 0 Å². The highest BCUT2D eigenvalue weighted by molar-refractivity contribution is 5.84. The van der Waals surface area contributed by atoms with Gasteiger partial charge in [-0.3, -0.25) is 4.79 Å². The molecule has 1 N–H and O–H groups in total. The lowest BCUT2D eigenvalue weighted by Gasteiger charge is -2.24. The molecule has 0 bridgehead atoms. The lowest BCUT2D eigenvalue weighted by atomic mass is 10.2. The molecule has 1 amide bonds. The Balaban J connectivity index is 3.00. The molecule has 0 unspecified atom stereocenters. The van der Waals surface area contributed by atoms with Crippen LogP contribution in [0.3, 0.4) is 0 Å². The first-order chi connectivity index (χ1) is 10.5. The summed E-state index contributed by atoms with van der Waals surface area (Å²) >= 11 is 0. The van der Waals surface area contributed by atoms with E-state index in [1.54, 1.807) is 38.4 Å². The third-order valence-electron chi connectivity index (χ3n) is 3.49. The van der Waals surface area contributed by atoms with Gasteiger partial charge >= 0.3 is 0 Å². The van der Waals surface area contributed by atoms with Crippen LogP contribution < -0.4 is 19.5 Å². The van der Waals surface area contributed by atoms with E-state index >= 15 is 0 Å². The number of amides is 1. The number of hydrogen-bond donors (Lipinski definition) is 1. The topological polar surface area (TPSA) is 60.0 Å². The molecule has 0 heterocycles. The van der Waals surface area contributed by atoms with Gasteiger partial charge in [-0.05, 0) is 20.8 Å². The summed E-state index contributed by atoms with van der Waals surface area (Å²) in [6, 6.07) is 3.23. The number of methoxy groups -OCH3 is 3. The van der Waals surface area contributed by atoms with Gasteiger partial charge in [-0.15, -0.1) is 0 Å². The van der Waals surface area contributed by atoms with Gasteiger partial charge in [0.05, 0.1) is 21.3 Å². The molecule has 6 nitrogen and oxygen atoms in total. The number of carbonyl (C=O) groups is 1. The van der Waals surface area contributed by atoms with Gasteiger partial charge in [-0.2, -0.15) is 0 Å². The summed E-state index contributed by atoms with van der Waals surface area (Å²) in [4.78, 5) is 14.1. The zero-order valence-electron chi connectivity index (χ0n) is 14.2. The van der Waals surface area contributed by atoms with Crippen LogP contribution in [0.15, 0.2) is 12.1 Å².